The van der Waals surface area contributed by atoms with Crippen molar-refractivity contribution >= 4 is 32.9 Å². The van der Waals surface area contributed by atoms with Gasteiger partial charge < -0.3 is 9.87 Å². The van der Waals surface area contributed by atoms with Crippen molar-refractivity contribution < 1.29 is 21.8 Å². The lowest BCUT2D eigenvalue weighted by Crippen LogP contribution is -2.18. The fourth-order valence-electron chi connectivity index (χ4n) is 2.96. The van der Waals surface area contributed by atoms with Crippen molar-refractivity contribution in [2.75, 3.05) is 11.6 Å². The zero-order valence-electron chi connectivity index (χ0n) is 15.1. The van der Waals surface area contributed by atoms with Gasteiger partial charge in [0, 0.05) is 40.5 Å². The Bertz CT molecular complexity index is 992. The van der Waals surface area contributed by atoms with Gasteiger partial charge in [0.1, 0.15) is 28.6 Å². The van der Waals surface area contributed by atoms with Gasteiger partial charge in [-0.1, -0.05) is 12.8 Å². The molecule has 1 aliphatic carbocycles. The SMILES string of the molecule is C[S+]([O-])c1ncc(C=CS(=O)(=O)c2ccc(F)cc2F)c(NC2CCCC2)n1. The Balaban J connectivity index is 1.93. The topological polar surface area (TPSA) is 95.0 Å². The maximum Gasteiger partial charge on any atom is 0.344 e. The minimum Gasteiger partial charge on any atom is -0.609 e. The number of anilines is 1. The second-order valence-electron chi connectivity index (χ2n) is 6.46. The normalized spacial score (nSPS) is 16.6. The molecule has 6 nitrogen and oxygen atoms in total. The van der Waals surface area contributed by atoms with Crippen molar-refractivity contribution in [3.05, 3.63) is 47.0 Å². The van der Waals surface area contributed by atoms with E-state index in [9.17, 15) is 21.8 Å². The molecule has 0 radical (unpaired) electrons. The average molecular weight is 427 g/mol. The summed E-state index contributed by atoms with van der Waals surface area (Å²) in [5, 5.41) is 4.20. The lowest BCUT2D eigenvalue weighted by atomic mass is 10.2. The Labute approximate surface area is 165 Å². The van der Waals surface area contributed by atoms with Crippen LogP contribution in [0.15, 0.2) is 39.9 Å². The van der Waals surface area contributed by atoms with Gasteiger partial charge in [-0.25, -0.2) is 17.2 Å². The molecule has 0 aliphatic heterocycles. The summed E-state index contributed by atoms with van der Waals surface area (Å²) in [6, 6.07) is 2.46. The Kier molecular flexibility index (Phi) is 6.31. The summed E-state index contributed by atoms with van der Waals surface area (Å²) in [5.41, 5.74) is 0.368. The van der Waals surface area contributed by atoms with Crippen molar-refractivity contribution in [2.45, 2.75) is 41.8 Å². The molecule has 1 fully saturated rings. The van der Waals surface area contributed by atoms with Crippen LogP contribution in [0.2, 0.25) is 0 Å². The molecule has 1 aromatic carbocycles. The fraction of sp³-hybridized carbons (Fsp3) is 0.333. The molecular formula is C18H19F2N3O3S2. The first-order valence-electron chi connectivity index (χ1n) is 8.61. The summed E-state index contributed by atoms with van der Waals surface area (Å²) in [4.78, 5) is 7.62. The third kappa shape index (κ3) is 4.86. The predicted molar refractivity (Wildman–Crippen MR) is 103 cm³/mol. The van der Waals surface area contributed by atoms with Crippen LogP contribution < -0.4 is 5.32 Å². The second kappa shape index (κ2) is 8.54. The summed E-state index contributed by atoms with van der Waals surface area (Å²) in [5.74, 6) is -1.65. The van der Waals surface area contributed by atoms with E-state index in [1.807, 2.05) is 0 Å². The molecule has 28 heavy (non-hydrogen) atoms. The molecule has 1 heterocycles. The van der Waals surface area contributed by atoms with E-state index in [2.05, 4.69) is 15.3 Å². The van der Waals surface area contributed by atoms with Crippen molar-refractivity contribution in [1.82, 2.24) is 9.97 Å². The first kappa shape index (κ1) is 20.7. The second-order valence-corrected chi connectivity index (χ2v) is 9.53. The molecule has 0 bridgehead atoms. The lowest BCUT2D eigenvalue weighted by Gasteiger charge is -2.15. The maximum atomic E-state index is 13.8. The monoisotopic (exact) mass is 427 g/mol. The number of aromatic nitrogens is 2. The molecule has 1 saturated carbocycles. The number of hydrogen-bond donors (Lipinski definition) is 1. The van der Waals surface area contributed by atoms with Gasteiger partial charge in [0.05, 0.1) is 0 Å². The molecule has 150 valence electrons. The van der Waals surface area contributed by atoms with E-state index in [1.54, 1.807) is 0 Å². The van der Waals surface area contributed by atoms with Crippen molar-refractivity contribution in [3.63, 3.8) is 0 Å². The first-order chi connectivity index (χ1) is 13.3. The highest BCUT2D eigenvalue weighted by Gasteiger charge is 2.20. The van der Waals surface area contributed by atoms with Gasteiger partial charge in [-0.2, -0.15) is 9.97 Å². The zero-order chi connectivity index (χ0) is 20.3. The molecule has 1 atom stereocenters. The van der Waals surface area contributed by atoms with Gasteiger partial charge in [-0.15, -0.1) is 0 Å². The quantitative estimate of drug-likeness (QED) is 0.432. The molecule has 1 aromatic heterocycles. The highest BCUT2D eigenvalue weighted by atomic mass is 32.2. The smallest absolute Gasteiger partial charge is 0.344 e. The zero-order valence-corrected chi connectivity index (χ0v) is 16.7. The number of nitrogens with zero attached hydrogens (tertiary/aromatic N) is 2. The number of nitrogens with one attached hydrogen (secondary N) is 1. The largest absolute Gasteiger partial charge is 0.609 e. The summed E-state index contributed by atoms with van der Waals surface area (Å²) < 4.78 is 63.4. The van der Waals surface area contributed by atoms with Gasteiger partial charge in [0.2, 0.25) is 9.84 Å². The van der Waals surface area contributed by atoms with Crippen LogP contribution in [0.1, 0.15) is 31.2 Å². The molecule has 1 unspecified atom stereocenters. The van der Waals surface area contributed by atoms with Crippen molar-refractivity contribution in [2.24, 2.45) is 0 Å². The van der Waals surface area contributed by atoms with E-state index in [0.29, 0.717) is 17.4 Å². The van der Waals surface area contributed by atoms with E-state index in [0.717, 1.165) is 43.2 Å². The van der Waals surface area contributed by atoms with Crippen LogP contribution >= 0.6 is 0 Å². The Morgan fingerprint density at radius 2 is 2.00 bits per heavy atom. The molecule has 1 N–H and O–H groups in total. The van der Waals surface area contributed by atoms with Crippen LogP contribution in [-0.4, -0.2) is 35.2 Å². The van der Waals surface area contributed by atoms with Gasteiger partial charge in [0.15, 0.2) is 0 Å². The molecule has 0 amide bonds. The van der Waals surface area contributed by atoms with Crippen LogP contribution in [0.4, 0.5) is 14.6 Å². The third-order valence-electron chi connectivity index (χ3n) is 4.38. The van der Waals surface area contributed by atoms with Gasteiger partial charge in [0.25, 0.3) is 0 Å². The van der Waals surface area contributed by atoms with Gasteiger partial charge in [-0.3, -0.25) is 0 Å². The summed E-state index contributed by atoms with van der Waals surface area (Å²) >= 11 is -1.40. The number of rotatable bonds is 6. The predicted octanol–water partition coefficient (Wildman–Crippen LogP) is 3.29. The van der Waals surface area contributed by atoms with Gasteiger partial charge >= 0.3 is 5.16 Å². The Hall–Kier alpha value is -2.04. The van der Waals surface area contributed by atoms with E-state index in [-0.39, 0.29) is 11.2 Å². The van der Waals surface area contributed by atoms with E-state index < -0.39 is 37.5 Å². The molecule has 0 saturated heterocycles. The minimum atomic E-state index is -4.14. The van der Waals surface area contributed by atoms with E-state index >= 15 is 0 Å². The third-order valence-corrected chi connectivity index (χ3v) is 6.52. The number of hydrogen-bond acceptors (Lipinski definition) is 6. The van der Waals surface area contributed by atoms with Crippen molar-refractivity contribution in [3.8, 4) is 0 Å². The fourth-order valence-corrected chi connectivity index (χ4v) is 4.44. The van der Waals surface area contributed by atoms with Crippen LogP contribution in [0.5, 0.6) is 0 Å². The van der Waals surface area contributed by atoms with Gasteiger partial charge in [-0.05, 0) is 31.1 Å². The maximum absolute atomic E-state index is 13.8. The Morgan fingerprint density at radius 1 is 1.29 bits per heavy atom. The summed E-state index contributed by atoms with van der Waals surface area (Å²) in [6.07, 6.45) is 8.14. The molecular weight excluding hydrogens is 408 g/mol. The van der Waals surface area contributed by atoms with Crippen LogP contribution in [0.3, 0.4) is 0 Å². The highest BCUT2D eigenvalue weighted by molar-refractivity contribution is 7.94. The summed E-state index contributed by atoms with van der Waals surface area (Å²) in [6.45, 7) is 0. The lowest BCUT2D eigenvalue weighted by molar-refractivity contribution is 0.552. The minimum absolute atomic E-state index is 0.130. The van der Waals surface area contributed by atoms with Crippen LogP contribution in [-0.2, 0) is 21.0 Å². The van der Waals surface area contributed by atoms with Crippen LogP contribution in [0.25, 0.3) is 6.08 Å². The van der Waals surface area contributed by atoms with E-state index in [1.165, 1.54) is 18.5 Å². The standard InChI is InChI=1S/C18H19F2N3O3S2/c1-27(24)18-21-11-12(17(23-18)22-14-4-2-3-5-14)8-9-28(25,26)16-7-6-13(19)10-15(16)20/h6-11,14H,2-5H2,1H3,(H,21,22,23). The number of halogens is 2. The molecule has 0 spiro atoms. The highest BCUT2D eigenvalue weighted by Crippen LogP contribution is 2.25. The average Bonchev–Trinajstić information content (AvgIpc) is 3.13. The molecule has 2 aromatic rings. The van der Waals surface area contributed by atoms with E-state index in [4.69, 9.17) is 0 Å². The molecule has 1 aliphatic rings. The number of sulfone groups is 1. The first-order valence-corrected chi connectivity index (χ1v) is 11.7. The Morgan fingerprint density at radius 3 is 2.64 bits per heavy atom. The van der Waals surface area contributed by atoms with Crippen LogP contribution in [0, 0.1) is 11.6 Å². The summed E-state index contributed by atoms with van der Waals surface area (Å²) in [7, 11) is -4.14. The van der Waals surface area contributed by atoms with Crippen molar-refractivity contribution in [1.29, 1.82) is 0 Å². The molecule has 10 heteroatoms. The number of benzene rings is 1. The molecule has 3 rings (SSSR count).